The summed E-state index contributed by atoms with van der Waals surface area (Å²) >= 11 is 0. The van der Waals surface area contributed by atoms with Crippen LogP contribution in [0, 0.1) is 0 Å². The van der Waals surface area contributed by atoms with Crippen LogP contribution >= 0.6 is 0 Å². The molecule has 0 aromatic rings. The molecule has 0 fully saturated rings. The Kier molecular flexibility index (Phi) is 4.28. The van der Waals surface area contributed by atoms with Gasteiger partial charge in [0, 0.05) is 13.6 Å². The number of nitrogens with one attached hydrogen (secondary N) is 1. The first-order valence-electron chi connectivity index (χ1n) is 3.05. The Hall–Kier alpha value is -1.06. The van der Waals surface area contributed by atoms with Crippen molar-refractivity contribution in [3.8, 4) is 0 Å². The Bertz CT molecular complexity index is 143. The van der Waals surface area contributed by atoms with E-state index in [1.165, 1.54) is 14.2 Å². The van der Waals surface area contributed by atoms with Crippen LogP contribution in [0.15, 0.2) is 4.99 Å². The summed E-state index contributed by atoms with van der Waals surface area (Å²) in [6.07, 6.45) is 0. The number of amidine groups is 1. The fourth-order valence-electron chi connectivity index (χ4n) is 0.507. The molecule has 0 rings (SSSR count). The van der Waals surface area contributed by atoms with Crippen LogP contribution < -0.4 is 5.32 Å². The molecule has 0 radical (unpaired) electrons. The third-order valence-corrected chi connectivity index (χ3v) is 0.947. The highest BCUT2D eigenvalue weighted by molar-refractivity contribution is 6.35. The summed E-state index contributed by atoms with van der Waals surface area (Å²) in [5, 5.41) is 2.76. The molecule has 0 heterocycles. The maximum Gasteiger partial charge on any atom is 0.373 e. The fraction of sp³-hybridized carbons (Fsp3) is 0.667. The molecule has 0 aromatic heterocycles. The van der Waals surface area contributed by atoms with Gasteiger partial charge in [-0.25, -0.2) is 4.79 Å². The van der Waals surface area contributed by atoms with Gasteiger partial charge in [0.05, 0.1) is 7.11 Å². The van der Waals surface area contributed by atoms with E-state index in [-0.39, 0.29) is 5.84 Å². The van der Waals surface area contributed by atoms with Crippen molar-refractivity contribution in [2.24, 2.45) is 4.99 Å². The lowest BCUT2D eigenvalue weighted by Crippen LogP contribution is -2.31. The zero-order valence-corrected chi connectivity index (χ0v) is 6.47. The minimum atomic E-state index is -0.427. The first-order valence-corrected chi connectivity index (χ1v) is 3.05. The number of ether oxygens (including phenoxy) is 1. The average molecular weight is 144 g/mol. The van der Waals surface area contributed by atoms with Crippen LogP contribution in [0.25, 0.3) is 0 Å². The molecule has 0 amide bonds. The van der Waals surface area contributed by atoms with Crippen molar-refractivity contribution in [1.82, 2.24) is 5.32 Å². The van der Waals surface area contributed by atoms with Crippen LogP contribution in [0.5, 0.6) is 0 Å². The highest BCUT2D eigenvalue weighted by Crippen LogP contribution is 1.76. The van der Waals surface area contributed by atoms with Gasteiger partial charge in [-0.15, -0.1) is 0 Å². The largest absolute Gasteiger partial charge is 0.463 e. The van der Waals surface area contributed by atoms with Crippen molar-refractivity contribution in [3.05, 3.63) is 0 Å². The molecule has 0 saturated carbocycles. The van der Waals surface area contributed by atoms with Gasteiger partial charge in [-0.05, 0) is 6.92 Å². The third-order valence-electron chi connectivity index (χ3n) is 0.947. The van der Waals surface area contributed by atoms with Gasteiger partial charge in [-0.2, -0.15) is 0 Å². The van der Waals surface area contributed by atoms with Gasteiger partial charge in [0.15, 0.2) is 0 Å². The molecule has 1 N–H and O–H groups in total. The normalized spacial score (nSPS) is 10.9. The van der Waals surface area contributed by atoms with Crippen molar-refractivity contribution in [1.29, 1.82) is 0 Å². The molecule has 0 atom stereocenters. The average Bonchev–Trinajstić information content (AvgIpc) is 1.99. The Balaban J connectivity index is 3.95. The van der Waals surface area contributed by atoms with E-state index in [4.69, 9.17) is 0 Å². The summed E-state index contributed by atoms with van der Waals surface area (Å²) in [7, 11) is 2.86. The number of carbonyl (C=O) groups is 1. The topological polar surface area (TPSA) is 50.7 Å². The van der Waals surface area contributed by atoms with Gasteiger partial charge in [0.25, 0.3) is 0 Å². The minimum absolute atomic E-state index is 0.269. The number of carbonyl (C=O) groups excluding carboxylic acids is 1. The van der Waals surface area contributed by atoms with Crippen LogP contribution in [-0.4, -0.2) is 32.5 Å². The van der Waals surface area contributed by atoms with E-state index in [1.807, 2.05) is 6.92 Å². The first kappa shape index (κ1) is 8.94. The second-order valence-corrected chi connectivity index (χ2v) is 1.59. The van der Waals surface area contributed by atoms with Crippen LogP contribution in [-0.2, 0) is 9.53 Å². The lowest BCUT2D eigenvalue weighted by atomic mass is 10.5. The second kappa shape index (κ2) is 4.78. The highest BCUT2D eigenvalue weighted by atomic mass is 16.5. The number of esters is 1. The van der Waals surface area contributed by atoms with Gasteiger partial charge < -0.3 is 10.1 Å². The van der Waals surface area contributed by atoms with Crippen LogP contribution in [0.2, 0.25) is 0 Å². The van der Waals surface area contributed by atoms with Crippen molar-refractivity contribution < 1.29 is 9.53 Å². The summed E-state index contributed by atoms with van der Waals surface area (Å²) in [6.45, 7) is 2.55. The quantitative estimate of drug-likeness (QED) is 0.315. The van der Waals surface area contributed by atoms with Gasteiger partial charge >= 0.3 is 5.97 Å². The zero-order valence-electron chi connectivity index (χ0n) is 6.47. The van der Waals surface area contributed by atoms with Crippen molar-refractivity contribution in [2.75, 3.05) is 20.7 Å². The summed E-state index contributed by atoms with van der Waals surface area (Å²) in [5.41, 5.74) is 0. The van der Waals surface area contributed by atoms with Crippen LogP contribution in [0.3, 0.4) is 0 Å². The summed E-state index contributed by atoms with van der Waals surface area (Å²) in [6, 6.07) is 0. The number of likely N-dealkylation sites (N-methyl/N-ethyl adjacent to an activating group) is 1. The number of methoxy groups -OCH3 is 1. The molecule has 58 valence electrons. The van der Waals surface area contributed by atoms with Crippen molar-refractivity contribution in [3.63, 3.8) is 0 Å². The molecule has 0 spiro atoms. The SMILES string of the molecule is CCNC(=NC)C(=O)OC. The standard InChI is InChI=1S/C6H12N2O2/c1-4-8-5(7-2)6(9)10-3/h4H2,1-3H3,(H,7,8). The Morgan fingerprint density at radius 1 is 1.70 bits per heavy atom. The maximum absolute atomic E-state index is 10.7. The number of hydrogen-bond donors (Lipinski definition) is 1. The second-order valence-electron chi connectivity index (χ2n) is 1.59. The molecule has 4 nitrogen and oxygen atoms in total. The molecule has 0 bridgehead atoms. The number of nitrogens with zero attached hydrogens (tertiary/aromatic N) is 1. The van der Waals surface area contributed by atoms with E-state index in [9.17, 15) is 4.79 Å². The predicted molar refractivity (Wildman–Crippen MR) is 39.1 cm³/mol. The lowest BCUT2D eigenvalue weighted by molar-refractivity contribution is -0.132. The van der Waals surface area contributed by atoms with E-state index in [0.717, 1.165) is 0 Å². The molecule has 0 aliphatic heterocycles. The summed E-state index contributed by atoms with van der Waals surface area (Å²) < 4.78 is 4.42. The van der Waals surface area contributed by atoms with Crippen molar-refractivity contribution >= 4 is 11.8 Å². The van der Waals surface area contributed by atoms with E-state index < -0.39 is 5.97 Å². The van der Waals surface area contributed by atoms with Crippen LogP contribution in [0.4, 0.5) is 0 Å². The minimum Gasteiger partial charge on any atom is -0.463 e. The molecule has 0 aliphatic rings. The zero-order chi connectivity index (χ0) is 7.98. The summed E-state index contributed by atoms with van der Waals surface area (Å²) in [5.74, 6) is -0.158. The van der Waals surface area contributed by atoms with Gasteiger partial charge in [-0.1, -0.05) is 0 Å². The third kappa shape index (κ3) is 2.48. The van der Waals surface area contributed by atoms with Gasteiger partial charge in [0.2, 0.25) is 5.84 Å². The van der Waals surface area contributed by atoms with Crippen molar-refractivity contribution in [2.45, 2.75) is 6.92 Å². The number of aliphatic imine (C=N–C) groups is 1. The highest BCUT2D eigenvalue weighted by Gasteiger charge is 2.07. The van der Waals surface area contributed by atoms with E-state index in [1.54, 1.807) is 0 Å². The Morgan fingerprint density at radius 2 is 2.30 bits per heavy atom. The van der Waals surface area contributed by atoms with Gasteiger partial charge in [0.1, 0.15) is 0 Å². The predicted octanol–water partition coefficient (Wildman–Crippen LogP) is -0.203. The Morgan fingerprint density at radius 3 is 2.60 bits per heavy atom. The smallest absolute Gasteiger partial charge is 0.373 e. The van der Waals surface area contributed by atoms with E-state index in [0.29, 0.717) is 6.54 Å². The molecule has 0 saturated heterocycles. The van der Waals surface area contributed by atoms with E-state index in [2.05, 4.69) is 15.0 Å². The lowest BCUT2D eigenvalue weighted by Gasteiger charge is -2.02. The number of hydrogen-bond acceptors (Lipinski definition) is 3. The van der Waals surface area contributed by atoms with Gasteiger partial charge in [-0.3, -0.25) is 4.99 Å². The molecule has 0 unspecified atom stereocenters. The molecule has 10 heavy (non-hydrogen) atoms. The maximum atomic E-state index is 10.7. The molecule has 0 aromatic carbocycles. The van der Waals surface area contributed by atoms with Crippen LogP contribution in [0.1, 0.15) is 6.92 Å². The fourth-order valence-corrected chi connectivity index (χ4v) is 0.507. The first-order chi connectivity index (χ1) is 4.76. The molecular weight excluding hydrogens is 132 g/mol. The molecule has 0 aliphatic carbocycles. The monoisotopic (exact) mass is 144 g/mol. The Labute approximate surface area is 60.3 Å². The number of rotatable bonds is 1. The van der Waals surface area contributed by atoms with E-state index >= 15 is 0 Å². The summed E-state index contributed by atoms with van der Waals surface area (Å²) in [4.78, 5) is 14.4. The molecule has 4 heteroatoms. The molecular formula is C6H12N2O2.